The van der Waals surface area contributed by atoms with Crippen LogP contribution in [0.15, 0.2) is 29.3 Å². The molecule has 0 amide bonds. The van der Waals surface area contributed by atoms with Crippen molar-refractivity contribution < 1.29 is 8.42 Å². The Bertz CT molecular complexity index is 1020. The molecule has 7 nitrogen and oxygen atoms in total. The number of hydrogen-bond acceptors (Lipinski definition) is 6. The van der Waals surface area contributed by atoms with Crippen LogP contribution in [0.1, 0.15) is 26.3 Å². The van der Waals surface area contributed by atoms with E-state index in [2.05, 4.69) is 14.8 Å². The Morgan fingerprint density at radius 3 is 2.57 bits per heavy atom. The van der Waals surface area contributed by atoms with Crippen LogP contribution < -0.4 is 10.5 Å². The Balaban J connectivity index is 1.42. The molecule has 0 radical (unpaired) electrons. The number of aromatic nitrogens is 2. The van der Waals surface area contributed by atoms with Crippen LogP contribution in [-0.4, -0.2) is 67.1 Å². The number of nitrogens with zero attached hydrogens (tertiary/aromatic N) is 4. The molecule has 152 valence electrons. The van der Waals surface area contributed by atoms with E-state index in [1.165, 1.54) is 0 Å². The first-order valence-corrected chi connectivity index (χ1v) is 11.8. The van der Waals surface area contributed by atoms with E-state index >= 15 is 0 Å². The first-order valence-electron chi connectivity index (χ1n) is 10.0. The van der Waals surface area contributed by atoms with Crippen molar-refractivity contribution in [2.24, 2.45) is 5.92 Å². The van der Waals surface area contributed by atoms with Gasteiger partial charge in [-0.2, -0.15) is 0 Å². The number of piperazine rings is 1. The molecule has 1 aromatic carbocycles. The standard InChI is InChI=1S/C20H28N4O3S/c1-15(2)24-14-21-19-11-17(3-4-18(19)20(24)25)23-8-6-22(7-9-23)12-16-5-10-28(26,27)13-16/h3-4,11,14-16H,5-10,12-13H2,1-2H3. The topological polar surface area (TPSA) is 75.5 Å². The summed E-state index contributed by atoms with van der Waals surface area (Å²) in [5.41, 5.74) is 1.82. The third kappa shape index (κ3) is 3.93. The van der Waals surface area contributed by atoms with Crippen LogP contribution in [-0.2, 0) is 9.84 Å². The molecule has 0 aliphatic carbocycles. The van der Waals surface area contributed by atoms with Gasteiger partial charge in [0.05, 0.1) is 28.7 Å². The lowest BCUT2D eigenvalue weighted by Crippen LogP contribution is -2.48. The summed E-state index contributed by atoms with van der Waals surface area (Å²) in [5.74, 6) is 0.974. The molecular formula is C20H28N4O3S. The average Bonchev–Trinajstić information content (AvgIpc) is 3.00. The van der Waals surface area contributed by atoms with E-state index < -0.39 is 9.84 Å². The van der Waals surface area contributed by atoms with Gasteiger partial charge in [-0.25, -0.2) is 13.4 Å². The number of hydrogen-bond donors (Lipinski definition) is 0. The first-order chi connectivity index (χ1) is 13.3. The van der Waals surface area contributed by atoms with Crippen molar-refractivity contribution in [3.8, 4) is 0 Å². The van der Waals surface area contributed by atoms with Crippen molar-refractivity contribution in [3.05, 3.63) is 34.9 Å². The molecule has 0 N–H and O–H groups in total. The highest BCUT2D eigenvalue weighted by Crippen LogP contribution is 2.23. The zero-order valence-corrected chi connectivity index (χ0v) is 17.4. The van der Waals surface area contributed by atoms with Crippen LogP contribution in [0.4, 0.5) is 5.69 Å². The number of fused-ring (bicyclic) bond motifs is 1. The van der Waals surface area contributed by atoms with Crippen molar-refractivity contribution >= 4 is 26.4 Å². The Hall–Kier alpha value is -1.93. The van der Waals surface area contributed by atoms with Gasteiger partial charge in [-0.1, -0.05) is 0 Å². The summed E-state index contributed by atoms with van der Waals surface area (Å²) in [4.78, 5) is 21.7. The summed E-state index contributed by atoms with van der Waals surface area (Å²) in [7, 11) is -2.80. The third-order valence-electron chi connectivity index (χ3n) is 5.90. The molecule has 4 rings (SSSR count). The highest BCUT2D eigenvalue weighted by atomic mass is 32.2. The van der Waals surface area contributed by atoms with E-state index in [4.69, 9.17) is 0 Å². The molecule has 0 saturated carbocycles. The molecule has 1 aromatic heterocycles. The minimum Gasteiger partial charge on any atom is -0.369 e. The van der Waals surface area contributed by atoms with Gasteiger partial charge in [-0.05, 0) is 44.4 Å². The fourth-order valence-corrected chi connectivity index (χ4v) is 6.11. The SMILES string of the molecule is CC(C)n1cnc2cc(N3CCN(CC4CCS(=O)(=O)C4)CC3)ccc2c1=O. The lowest BCUT2D eigenvalue weighted by Gasteiger charge is -2.37. The highest BCUT2D eigenvalue weighted by molar-refractivity contribution is 7.91. The molecule has 2 aliphatic heterocycles. The summed E-state index contributed by atoms with van der Waals surface area (Å²) in [6, 6.07) is 5.98. The van der Waals surface area contributed by atoms with Crippen LogP contribution in [0.5, 0.6) is 0 Å². The Kier molecular flexibility index (Phi) is 5.18. The second kappa shape index (κ2) is 7.48. The van der Waals surface area contributed by atoms with E-state index in [0.29, 0.717) is 16.9 Å². The average molecular weight is 405 g/mol. The largest absolute Gasteiger partial charge is 0.369 e. The normalized spacial score (nSPS) is 23.0. The fourth-order valence-electron chi connectivity index (χ4n) is 4.26. The van der Waals surface area contributed by atoms with Crippen molar-refractivity contribution in [1.82, 2.24) is 14.5 Å². The first kappa shape index (κ1) is 19.4. The lowest BCUT2D eigenvalue weighted by molar-refractivity contribution is 0.227. The maximum atomic E-state index is 12.6. The molecule has 2 fully saturated rings. The quantitative estimate of drug-likeness (QED) is 0.769. The predicted octanol–water partition coefficient (Wildman–Crippen LogP) is 1.53. The van der Waals surface area contributed by atoms with Gasteiger partial charge in [0, 0.05) is 44.5 Å². The van der Waals surface area contributed by atoms with Crippen molar-refractivity contribution in [3.63, 3.8) is 0 Å². The minimum absolute atomic E-state index is 0.00267. The van der Waals surface area contributed by atoms with Gasteiger partial charge in [-0.3, -0.25) is 14.3 Å². The van der Waals surface area contributed by atoms with Crippen LogP contribution in [0.3, 0.4) is 0 Å². The van der Waals surface area contributed by atoms with E-state index in [1.54, 1.807) is 10.9 Å². The Morgan fingerprint density at radius 2 is 1.93 bits per heavy atom. The molecule has 1 atom stereocenters. The summed E-state index contributed by atoms with van der Waals surface area (Å²) in [6.07, 6.45) is 2.43. The van der Waals surface area contributed by atoms with Gasteiger partial charge in [0.15, 0.2) is 9.84 Å². The van der Waals surface area contributed by atoms with Gasteiger partial charge >= 0.3 is 0 Å². The number of sulfone groups is 1. The van der Waals surface area contributed by atoms with Crippen molar-refractivity contribution in [2.75, 3.05) is 49.1 Å². The number of anilines is 1. The van der Waals surface area contributed by atoms with Crippen LogP contribution in [0.25, 0.3) is 10.9 Å². The molecular weight excluding hydrogens is 376 g/mol. The van der Waals surface area contributed by atoms with Crippen molar-refractivity contribution in [2.45, 2.75) is 26.3 Å². The molecule has 1 unspecified atom stereocenters. The minimum atomic E-state index is -2.80. The molecule has 3 heterocycles. The summed E-state index contributed by atoms with van der Waals surface area (Å²) in [6.45, 7) is 8.48. The molecule has 2 saturated heterocycles. The maximum Gasteiger partial charge on any atom is 0.261 e. The van der Waals surface area contributed by atoms with E-state index in [1.807, 2.05) is 32.0 Å². The highest BCUT2D eigenvalue weighted by Gasteiger charge is 2.30. The zero-order valence-electron chi connectivity index (χ0n) is 16.5. The molecule has 0 bridgehead atoms. The molecule has 8 heteroatoms. The van der Waals surface area contributed by atoms with Crippen LogP contribution >= 0.6 is 0 Å². The van der Waals surface area contributed by atoms with E-state index in [-0.39, 0.29) is 17.5 Å². The monoisotopic (exact) mass is 404 g/mol. The fraction of sp³-hybridized carbons (Fsp3) is 0.600. The van der Waals surface area contributed by atoms with Gasteiger partial charge in [0.2, 0.25) is 0 Å². The van der Waals surface area contributed by atoms with Gasteiger partial charge in [-0.15, -0.1) is 0 Å². The molecule has 0 spiro atoms. The smallest absolute Gasteiger partial charge is 0.261 e. The van der Waals surface area contributed by atoms with Gasteiger partial charge in [0.25, 0.3) is 5.56 Å². The molecule has 2 aromatic rings. The van der Waals surface area contributed by atoms with Crippen molar-refractivity contribution in [1.29, 1.82) is 0 Å². The summed E-state index contributed by atoms with van der Waals surface area (Å²) < 4.78 is 25.0. The second-order valence-corrected chi connectivity index (χ2v) is 10.5. The van der Waals surface area contributed by atoms with Crippen LogP contribution in [0, 0.1) is 5.92 Å². The van der Waals surface area contributed by atoms with Gasteiger partial charge < -0.3 is 4.90 Å². The van der Waals surface area contributed by atoms with Crippen LogP contribution in [0.2, 0.25) is 0 Å². The summed E-state index contributed by atoms with van der Waals surface area (Å²) >= 11 is 0. The second-order valence-electron chi connectivity index (χ2n) is 8.31. The number of rotatable bonds is 4. The number of benzene rings is 1. The van der Waals surface area contributed by atoms with E-state index in [0.717, 1.165) is 50.3 Å². The summed E-state index contributed by atoms with van der Waals surface area (Å²) in [5, 5.41) is 0.654. The Labute approximate surface area is 165 Å². The van der Waals surface area contributed by atoms with E-state index in [9.17, 15) is 13.2 Å². The third-order valence-corrected chi connectivity index (χ3v) is 7.74. The predicted molar refractivity (Wildman–Crippen MR) is 112 cm³/mol. The Morgan fingerprint density at radius 1 is 1.18 bits per heavy atom. The zero-order chi connectivity index (χ0) is 19.9. The maximum absolute atomic E-state index is 12.6. The van der Waals surface area contributed by atoms with Gasteiger partial charge in [0.1, 0.15) is 0 Å². The molecule has 28 heavy (non-hydrogen) atoms. The molecule has 2 aliphatic rings. The lowest BCUT2D eigenvalue weighted by atomic mass is 10.1.